The smallest absolute Gasteiger partial charge is 0.257 e. The topological polar surface area (TPSA) is 29.1 Å². The van der Waals surface area contributed by atoms with E-state index in [2.05, 4.69) is 4.72 Å². The van der Waals surface area contributed by atoms with Crippen LogP contribution in [0.3, 0.4) is 0 Å². The highest BCUT2D eigenvalue weighted by atomic mass is 32.8. The van der Waals surface area contributed by atoms with Crippen molar-refractivity contribution in [3.8, 4) is 0 Å². The normalized spacial score (nSPS) is 17.7. The highest BCUT2D eigenvalue weighted by Crippen LogP contribution is 2.09. The van der Waals surface area contributed by atoms with Gasteiger partial charge in [0.25, 0.3) is 5.91 Å². The lowest BCUT2D eigenvalue weighted by molar-refractivity contribution is -0.115. The van der Waals surface area contributed by atoms with Crippen molar-refractivity contribution < 1.29 is 4.79 Å². The molecule has 0 spiro atoms. The molecule has 1 atom stereocenters. The van der Waals surface area contributed by atoms with Gasteiger partial charge in [0.15, 0.2) is 0 Å². The lowest BCUT2D eigenvalue weighted by Crippen LogP contribution is -2.25. The lowest BCUT2D eigenvalue weighted by Gasteiger charge is -2.02. The van der Waals surface area contributed by atoms with Gasteiger partial charge in [0.05, 0.1) is 0 Å². The molecule has 1 amide bonds. The first-order valence-corrected chi connectivity index (χ1v) is 5.76. The second-order valence-corrected chi connectivity index (χ2v) is 4.82. The van der Waals surface area contributed by atoms with E-state index >= 15 is 0 Å². The molecule has 1 aliphatic rings. The van der Waals surface area contributed by atoms with E-state index in [0.717, 1.165) is 12.0 Å². The van der Waals surface area contributed by atoms with Crippen LogP contribution in [0.25, 0.3) is 0 Å². The van der Waals surface area contributed by atoms with E-state index in [9.17, 15) is 4.79 Å². The minimum absolute atomic E-state index is 0.0316. The van der Waals surface area contributed by atoms with E-state index in [0.29, 0.717) is 0 Å². The predicted octanol–water partition coefficient (Wildman–Crippen LogP) is 0.614. The summed E-state index contributed by atoms with van der Waals surface area (Å²) in [6, 6.07) is 0. The molecule has 60 valence electrons. The molecular formula is C7H9NOS2. The van der Waals surface area contributed by atoms with Gasteiger partial charge in [-0.25, -0.2) is 0 Å². The third-order valence-electron chi connectivity index (χ3n) is 1.30. The van der Waals surface area contributed by atoms with Crippen molar-refractivity contribution in [1.82, 2.24) is 4.72 Å². The first-order valence-electron chi connectivity index (χ1n) is 3.20. The van der Waals surface area contributed by atoms with Crippen LogP contribution in [-0.4, -0.2) is 12.2 Å². The molecule has 1 rings (SSSR count). The molecule has 0 heterocycles. The summed E-state index contributed by atoms with van der Waals surface area (Å²) in [6.45, 7) is 0. The fourth-order valence-electron chi connectivity index (χ4n) is 0.812. The van der Waals surface area contributed by atoms with E-state index in [1.165, 1.54) is 0 Å². The Morgan fingerprint density at radius 1 is 1.82 bits per heavy atom. The zero-order chi connectivity index (χ0) is 8.27. The van der Waals surface area contributed by atoms with Gasteiger partial charge in [-0.2, -0.15) is 0 Å². The van der Waals surface area contributed by atoms with Crippen LogP contribution < -0.4 is 4.72 Å². The molecule has 1 N–H and O–H groups in total. The highest BCUT2D eigenvalue weighted by molar-refractivity contribution is 8.27. The van der Waals surface area contributed by atoms with Crippen LogP contribution in [0.1, 0.15) is 6.42 Å². The minimum Gasteiger partial charge on any atom is -0.294 e. The first-order chi connectivity index (χ1) is 5.20. The zero-order valence-electron chi connectivity index (χ0n) is 6.16. The van der Waals surface area contributed by atoms with Gasteiger partial charge in [0.2, 0.25) is 0 Å². The van der Waals surface area contributed by atoms with Crippen molar-refractivity contribution in [3.05, 3.63) is 23.8 Å². The molecule has 0 aromatic heterocycles. The zero-order valence-corrected chi connectivity index (χ0v) is 7.80. The highest BCUT2D eigenvalue weighted by Gasteiger charge is 2.08. The third-order valence-corrected chi connectivity index (χ3v) is 2.02. The SMILES string of the molecule is CS(=S)NC(=O)C1=CC=CC1. The Morgan fingerprint density at radius 2 is 2.55 bits per heavy atom. The van der Waals surface area contributed by atoms with Crippen LogP contribution >= 0.6 is 0 Å². The second-order valence-electron chi connectivity index (χ2n) is 2.21. The molecule has 0 aromatic carbocycles. The molecule has 11 heavy (non-hydrogen) atoms. The van der Waals surface area contributed by atoms with E-state index in [1.807, 2.05) is 18.2 Å². The van der Waals surface area contributed by atoms with Crippen LogP contribution in [0.5, 0.6) is 0 Å². The molecule has 0 aliphatic heterocycles. The van der Waals surface area contributed by atoms with Crippen molar-refractivity contribution in [1.29, 1.82) is 0 Å². The first kappa shape index (κ1) is 8.62. The monoisotopic (exact) mass is 187 g/mol. The Bertz CT molecular complexity index is 255. The number of hydrogen-bond acceptors (Lipinski definition) is 2. The Hall–Kier alpha value is -0.480. The molecule has 0 saturated carbocycles. The number of carbonyl (C=O) groups excluding carboxylic acids is 1. The Kier molecular flexibility index (Phi) is 2.96. The summed E-state index contributed by atoms with van der Waals surface area (Å²) >= 11 is 4.84. The summed E-state index contributed by atoms with van der Waals surface area (Å²) in [5, 5.41) is 0. The standard InChI is InChI=1S/C7H9NOS2/c1-11(10)8-7(9)6-4-2-3-5-6/h2-4H,5H2,1H3,(H,8,9). The van der Waals surface area contributed by atoms with Gasteiger partial charge in [-0.05, 0) is 27.2 Å². The maximum atomic E-state index is 11.2. The predicted molar refractivity (Wildman–Crippen MR) is 50.6 cm³/mol. The Balaban J connectivity index is 2.49. The molecule has 0 radical (unpaired) electrons. The van der Waals surface area contributed by atoms with E-state index in [1.54, 1.807) is 6.26 Å². The maximum Gasteiger partial charge on any atom is 0.257 e. The van der Waals surface area contributed by atoms with Gasteiger partial charge >= 0.3 is 0 Å². The summed E-state index contributed by atoms with van der Waals surface area (Å²) in [5.74, 6) is -0.0316. The molecule has 0 aromatic rings. The van der Waals surface area contributed by atoms with Crippen LogP contribution in [0.15, 0.2) is 23.8 Å². The van der Waals surface area contributed by atoms with E-state index < -0.39 is 9.64 Å². The molecule has 2 nitrogen and oxygen atoms in total. The number of rotatable bonds is 2. The number of carbonyl (C=O) groups is 1. The van der Waals surface area contributed by atoms with Gasteiger partial charge in [0, 0.05) is 11.8 Å². The minimum atomic E-state index is -0.426. The van der Waals surface area contributed by atoms with Crippen LogP contribution in [0, 0.1) is 0 Å². The average Bonchev–Trinajstić information content (AvgIpc) is 2.35. The van der Waals surface area contributed by atoms with Crippen molar-refractivity contribution >= 4 is 26.7 Å². The molecule has 0 fully saturated rings. The van der Waals surface area contributed by atoms with Crippen molar-refractivity contribution in [2.75, 3.05) is 6.26 Å². The summed E-state index contributed by atoms with van der Waals surface area (Å²) in [7, 11) is -0.426. The van der Waals surface area contributed by atoms with Crippen molar-refractivity contribution in [3.63, 3.8) is 0 Å². The van der Waals surface area contributed by atoms with Gasteiger partial charge < -0.3 is 0 Å². The number of allylic oxidation sites excluding steroid dienone is 3. The summed E-state index contributed by atoms with van der Waals surface area (Å²) in [4.78, 5) is 11.2. The third kappa shape index (κ3) is 2.55. The van der Waals surface area contributed by atoms with Gasteiger partial charge in [-0.15, -0.1) is 0 Å². The Labute approximate surface area is 73.1 Å². The van der Waals surface area contributed by atoms with Gasteiger partial charge in [-0.3, -0.25) is 9.52 Å². The number of nitrogens with one attached hydrogen (secondary N) is 1. The van der Waals surface area contributed by atoms with Crippen LogP contribution in [0.2, 0.25) is 0 Å². The average molecular weight is 187 g/mol. The largest absolute Gasteiger partial charge is 0.294 e. The fraction of sp³-hybridized carbons (Fsp3) is 0.286. The fourth-order valence-corrected chi connectivity index (χ4v) is 1.43. The van der Waals surface area contributed by atoms with E-state index in [-0.39, 0.29) is 5.91 Å². The van der Waals surface area contributed by atoms with Crippen molar-refractivity contribution in [2.45, 2.75) is 6.42 Å². The molecule has 1 aliphatic carbocycles. The second kappa shape index (κ2) is 3.78. The molecule has 0 bridgehead atoms. The van der Waals surface area contributed by atoms with Gasteiger partial charge in [0.1, 0.15) is 0 Å². The van der Waals surface area contributed by atoms with Gasteiger partial charge in [-0.1, -0.05) is 18.2 Å². The van der Waals surface area contributed by atoms with E-state index in [4.69, 9.17) is 11.2 Å². The molecule has 1 unspecified atom stereocenters. The summed E-state index contributed by atoms with van der Waals surface area (Å²) in [6.07, 6.45) is 8.18. The molecular weight excluding hydrogens is 178 g/mol. The lowest BCUT2D eigenvalue weighted by atomic mass is 10.2. The molecule has 0 saturated heterocycles. The summed E-state index contributed by atoms with van der Waals surface area (Å²) < 4.78 is 2.68. The van der Waals surface area contributed by atoms with Crippen molar-refractivity contribution in [2.24, 2.45) is 0 Å². The maximum absolute atomic E-state index is 11.2. The quantitative estimate of drug-likeness (QED) is 0.686. The Morgan fingerprint density at radius 3 is 3.00 bits per heavy atom. The summed E-state index contributed by atoms with van der Waals surface area (Å²) in [5.41, 5.74) is 0.800. The number of hydrogen-bond donors (Lipinski definition) is 1. The van der Waals surface area contributed by atoms with Crippen LogP contribution in [-0.2, 0) is 25.6 Å². The molecule has 4 heteroatoms. The van der Waals surface area contributed by atoms with Crippen LogP contribution in [0.4, 0.5) is 0 Å². The number of amides is 1.